The normalized spacial score (nSPS) is 18.5. The second-order valence-corrected chi connectivity index (χ2v) is 11.7. The number of allylic oxidation sites excluding steroid dienone is 4. The van der Waals surface area contributed by atoms with E-state index in [0.29, 0.717) is 45.1 Å². The molecule has 42 heavy (non-hydrogen) atoms. The van der Waals surface area contributed by atoms with Gasteiger partial charge in [-0.05, 0) is 50.1 Å². The standard InChI is InChI=1S/C32H31BrN2O6S/c1-5-40-31(37)28-19(2)34-32-35(29(28)23-17-22(38-3)12-14-25(23)39-4)30(36)27(42-32)16-21-11-13-26(24(33)15-21)41-18-20-9-7-6-8-10-20/h6-14,16-17,21,29H,5,15,18H2,1-4H3/b27-16-/t21-,29-/m0/s1. The number of thiazole rings is 1. The fourth-order valence-electron chi connectivity index (χ4n) is 5.00. The number of aromatic nitrogens is 1. The van der Waals surface area contributed by atoms with E-state index >= 15 is 0 Å². The van der Waals surface area contributed by atoms with Gasteiger partial charge in [-0.25, -0.2) is 9.79 Å². The first-order chi connectivity index (χ1) is 20.3. The Balaban J connectivity index is 1.53. The van der Waals surface area contributed by atoms with Gasteiger partial charge in [0.25, 0.3) is 5.56 Å². The molecule has 0 amide bonds. The Morgan fingerprint density at radius 2 is 1.95 bits per heavy atom. The van der Waals surface area contributed by atoms with Crippen molar-refractivity contribution in [1.82, 2.24) is 4.57 Å². The first kappa shape index (κ1) is 29.6. The molecule has 218 valence electrons. The van der Waals surface area contributed by atoms with E-state index in [2.05, 4.69) is 20.9 Å². The lowest BCUT2D eigenvalue weighted by molar-refractivity contribution is -0.139. The highest BCUT2D eigenvalue weighted by Gasteiger charge is 2.35. The van der Waals surface area contributed by atoms with Crippen LogP contribution in [-0.2, 0) is 20.9 Å². The maximum absolute atomic E-state index is 14.0. The smallest absolute Gasteiger partial charge is 0.338 e. The van der Waals surface area contributed by atoms with Crippen LogP contribution in [0, 0.1) is 5.92 Å². The minimum atomic E-state index is -0.806. The average Bonchev–Trinajstić information content (AvgIpc) is 3.30. The molecule has 0 saturated heterocycles. The molecule has 0 unspecified atom stereocenters. The topological polar surface area (TPSA) is 88.4 Å². The zero-order valence-electron chi connectivity index (χ0n) is 23.8. The Hall–Kier alpha value is -3.89. The third kappa shape index (κ3) is 6.00. The number of hydrogen-bond acceptors (Lipinski definition) is 8. The van der Waals surface area contributed by atoms with Crippen molar-refractivity contribution in [3.63, 3.8) is 0 Å². The van der Waals surface area contributed by atoms with Crippen LogP contribution in [-0.4, -0.2) is 31.4 Å². The fraction of sp³-hybridized carbons (Fsp3) is 0.281. The Bertz CT molecular complexity index is 1770. The molecule has 3 aromatic rings. The summed E-state index contributed by atoms with van der Waals surface area (Å²) in [5.74, 6) is 1.28. The monoisotopic (exact) mass is 650 g/mol. The zero-order chi connectivity index (χ0) is 29.8. The van der Waals surface area contributed by atoms with E-state index < -0.39 is 12.0 Å². The van der Waals surface area contributed by atoms with Gasteiger partial charge in [0.05, 0.1) is 36.6 Å². The summed E-state index contributed by atoms with van der Waals surface area (Å²) >= 11 is 4.97. The van der Waals surface area contributed by atoms with Crippen LogP contribution in [0.5, 0.6) is 11.5 Å². The average molecular weight is 652 g/mol. The second kappa shape index (κ2) is 13.0. The lowest BCUT2D eigenvalue weighted by Crippen LogP contribution is -2.40. The van der Waals surface area contributed by atoms with E-state index in [9.17, 15) is 9.59 Å². The van der Waals surface area contributed by atoms with Crippen molar-refractivity contribution in [3.05, 3.63) is 113 Å². The van der Waals surface area contributed by atoms with E-state index in [1.54, 1.807) is 50.8 Å². The molecule has 10 heteroatoms. The molecule has 2 heterocycles. The lowest BCUT2D eigenvalue weighted by atomic mass is 9.94. The second-order valence-electron chi connectivity index (χ2n) is 9.70. The molecule has 0 bridgehead atoms. The summed E-state index contributed by atoms with van der Waals surface area (Å²) in [5.41, 5.74) is 2.21. The maximum Gasteiger partial charge on any atom is 0.338 e. The third-order valence-electron chi connectivity index (χ3n) is 7.03. The van der Waals surface area contributed by atoms with Crippen molar-refractivity contribution >= 4 is 39.3 Å². The predicted molar refractivity (Wildman–Crippen MR) is 165 cm³/mol. The summed E-state index contributed by atoms with van der Waals surface area (Å²) in [5, 5.41) is 0. The summed E-state index contributed by atoms with van der Waals surface area (Å²) in [7, 11) is 3.11. The van der Waals surface area contributed by atoms with Gasteiger partial charge in [0.15, 0.2) is 4.80 Å². The van der Waals surface area contributed by atoms with Gasteiger partial charge in [0.2, 0.25) is 0 Å². The first-order valence-corrected chi connectivity index (χ1v) is 15.1. The molecule has 0 radical (unpaired) electrons. The molecule has 2 atom stereocenters. The molecule has 0 spiro atoms. The van der Waals surface area contributed by atoms with Gasteiger partial charge in [-0.3, -0.25) is 9.36 Å². The highest BCUT2D eigenvalue weighted by molar-refractivity contribution is 9.11. The number of nitrogens with zero attached hydrogens (tertiary/aromatic N) is 2. The van der Waals surface area contributed by atoms with Gasteiger partial charge in [0, 0.05) is 16.0 Å². The number of benzene rings is 2. The molecule has 5 rings (SSSR count). The Morgan fingerprint density at radius 1 is 1.17 bits per heavy atom. The van der Waals surface area contributed by atoms with Crippen LogP contribution in [0.4, 0.5) is 0 Å². The van der Waals surface area contributed by atoms with Crippen LogP contribution in [0.1, 0.15) is 37.4 Å². The number of ether oxygens (including phenoxy) is 4. The van der Waals surface area contributed by atoms with Gasteiger partial charge in [-0.1, -0.05) is 69.8 Å². The molecular weight excluding hydrogens is 620 g/mol. The van der Waals surface area contributed by atoms with Crippen molar-refractivity contribution in [2.45, 2.75) is 32.9 Å². The first-order valence-electron chi connectivity index (χ1n) is 13.5. The van der Waals surface area contributed by atoms with E-state index in [0.717, 1.165) is 15.8 Å². The van der Waals surface area contributed by atoms with Crippen molar-refractivity contribution in [2.75, 3.05) is 20.8 Å². The van der Waals surface area contributed by atoms with E-state index in [-0.39, 0.29) is 23.7 Å². The number of rotatable bonds is 9. The van der Waals surface area contributed by atoms with Crippen molar-refractivity contribution < 1.29 is 23.7 Å². The van der Waals surface area contributed by atoms with Gasteiger partial charge < -0.3 is 18.9 Å². The fourth-order valence-corrected chi connectivity index (χ4v) is 6.72. The van der Waals surface area contributed by atoms with Crippen molar-refractivity contribution in [1.29, 1.82) is 0 Å². The summed E-state index contributed by atoms with van der Waals surface area (Å²) < 4.78 is 25.6. The van der Waals surface area contributed by atoms with Crippen LogP contribution >= 0.6 is 27.3 Å². The van der Waals surface area contributed by atoms with Gasteiger partial charge in [-0.2, -0.15) is 0 Å². The summed E-state index contributed by atoms with van der Waals surface area (Å²) in [6, 6.07) is 14.5. The van der Waals surface area contributed by atoms with E-state index in [4.69, 9.17) is 18.9 Å². The van der Waals surface area contributed by atoms with Crippen LogP contribution in [0.25, 0.3) is 6.08 Å². The number of carbonyl (C=O) groups is 1. The summed E-state index contributed by atoms with van der Waals surface area (Å²) in [6.07, 6.45) is 6.55. The molecular formula is C32H31BrN2O6S. The lowest BCUT2D eigenvalue weighted by Gasteiger charge is -2.26. The van der Waals surface area contributed by atoms with Gasteiger partial charge in [-0.15, -0.1) is 0 Å². The molecule has 1 aliphatic carbocycles. The molecule has 0 saturated carbocycles. The minimum Gasteiger partial charge on any atom is -0.497 e. The Kier molecular flexibility index (Phi) is 9.13. The number of hydrogen-bond donors (Lipinski definition) is 0. The molecule has 2 aliphatic rings. The number of esters is 1. The molecule has 0 fully saturated rings. The third-order valence-corrected chi connectivity index (χ3v) is 8.74. The van der Waals surface area contributed by atoms with E-state index in [1.165, 1.54) is 11.3 Å². The maximum atomic E-state index is 14.0. The predicted octanol–water partition coefficient (Wildman–Crippen LogP) is 5.17. The molecule has 1 aromatic heterocycles. The Labute approximate surface area is 256 Å². The van der Waals surface area contributed by atoms with Crippen molar-refractivity contribution in [2.24, 2.45) is 10.9 Å². The van der Waals surface area contributed by atoms with Crippen LogP contribution < -0.4 is 24.4 Å². The highest BCUT2D eigenvalue weighted by atomic mass is 79.9. The van der Waals surface area contributed by atoms with E-state index in [1.807, 2.05) is 48.6 Å². The molecule has 8 nitrogen and oxygen atoms in total. The van der Waals surface area contributed by atoms with Gasteiger partial charge >= 0.3 is 5.97 Å². The van der Waals surface area contributed by atoms with Crippen LogP contribution in [0.3, 0.4) is 0 Å². The number of halogens is 1. The summed E-state index contributed by atoms with van der Waals surface area (Å²) in [4.78, 5) is 32.4. The number of fused-ring (bicyclic) bond motifs is 1. The molecule has 2 aromatic carbocycles. The molecule has 0 N–H and O–H groups in total. The van der Waals surface area contributed by atoms with Crippen LogP contribution in [0.2, 0.25) is 0 Å². The number of methoxy groups -OCH3 is 2. The zero-order valence-corrected chi connectivity index (χ0v) is 26.2. The SMILES string of the molecule is CCOC(=O)C1=C(C)N=c2s/c(=C\[C@H]3C=CC(OCc4ccccc4)=C(Br)C3)c(=O)n2[C@H]1c1cc(OC)ccc1OC. The minimum absolute atomic E-state index is 0.0414. The Morgan fingerprint density at radius 3 is 2.64 bits per heavy atom. The number of carbonyl (C=O) groups excluding carboxylic acids is 1. The van der Waals surface area contributed by atoms with Crippen molar-refractivity contribution in [3.8, 4) is 11.5 Å². The largest absolute Gasteiger partial charge is 0.497 e. The highest BCUT2D eigenvalue weighted by Crippen LogP contribution is 2.38. The van der Waals surface area contributed by atoms with Crippen LogP contribution in [0.15, 0.2) is 92.0 Å². The summed E-state index contributed by atoms with van der Waals surface area (Å²) in [6.45, 7) is 4.16. The molecule has 1 aliphatic heterocycles. The van der Waals surface area contributed by atoms with Gasteiger partial charge in [0.1, 0.15) is 29.9 Å². The quantitative estimate of drug-likeness (QED) is 0.297.